The van der Waals surface area contributed by atoms with Crippen LogP contribution in [-0.2, 0) is 0 Å². The van der Waals surface area contributed by atoms with Crippen molar-refractivity contribution in [3.8, 4) is 0 Å². The molecule has 1 aliphatic carbocycles. The van der Waals surface area contributed by atoms with Crippen LogP contribution in [-0.4, -0.2) is 46.2 Å². The van der Waals surface area contributed by atoms with Gasteiger partial charge in [-0.05, 0) is 64.4 Å². The molecular weight excluding hydrogens is 344 g/mol. The molecule has 0 saturated heterocycles. The summed E-state index contributed by atoms with van der Waals surface area (Å²) in [6, 6.07) is 7.30. The summed E-state index contributed by atoms with van der Waals surface area (Å²) >= 11 is 1.68. The van der Waals surface area contributed by atoms with Crippen LogP contribution < -0.4 is 5.32 Å². The lowest BCUT2D eigenvalue weighted by Crippen LogP contribution is -2.36. The largest absolute Gasteiger partial charge is 0.389 e. The van der Waals surface area contributed by atoms with Gasteiger partial charge in [0.05, 0.1) is 11.5 Å². The Morgan fingerprint density at radius 3 is 2.65 bits per heavy atom. The molecule has 1 fully saturated rings. The summed E-state index contributed by atoms with van der Waals surface area (Å²) in [4.78, 5) is 12.4. The van der Waals surface area contributed by atoms with Crippen LogP contribution in [0.25, 0.3) is 20.3 Å². The van der Waals surface area contributed by atoms with Gasteiger partial charge in [0.1, 0.15) is 17.0 Å². The van der Waals surface area contributed by atoms with Gasteiger partial charge in [-0.2, -0.15) is 0 Å². The molecule has 26 heavy (non-hydrogen) atoms. The quantitative estimate of drug-likeness (QED) is 0.721. The van der Waals surface area contributed by atoms with Gasteiger partial charge in [-0.3, -0.25) is 0 Å². The molecule has 0 radical (unpaired) electrons. The number of rotatable bonds is 4. The Labute approximate surface area is 158 Å². The van der Waals surface area contributed by atoms with Crippen LogP contribution >= 0.6 is 11.3 Å². The second-order valence-electron chi connectivity index (χ2n) is 7.55. The molecule has 1 aliphatic rings. The van der Waals surface area contributed by atoms with E-state index < -0.39 is 6.10 Å². The Kier molecular flexibility index (Phi) is 4.82. The first-order valence-electron chi connectivity index (χ1n) is 9.31. The third-order valence-corrected chi connectivity index (χ3v) is 6.62. The summed E-state index contributed by atoms with van der Waals surface area (Å²) in [6.07, 6.45) is 5.94. The summed E-state index contributed by atoms with van der Waals surface area (Å²) in [7, 11) is 4.34. The summed E-state index contributed by atoms with van der Waals surface area (Å²) < 4.78 is 1.18. The van der Waals surface area contributed by atoms with Gasteiger partial charge in [0.2, 0.25) is 0 Å². The van der Waals surface area contributed by atoms with Crippen molar-refractivity contribution in [1.82, 2.24) is 14.9 Å². The fourth-order valence-corrected chi connectivity index (χ4v) is 4.95. The molecule has 2 heterocycles. The van der Waals surface area contributed by atoms with Crippen LogP contribution in [0.4, 0.5) is 5.82 Å². The summed E-state index contributed by atoms with van der Waals surface area (Å²) in [6.45, 7) is 1.80. The van der Waals surface area contributed by atoms with E-state index in [1.807, 2.05) is 6.07 Å². The Balaban J connectivity index is 1.67. The van der Waals surface area contributed by atoms with Gasteiger partial charge >= 0.3 is 0 Å². The molecule has 2 aromatic heterocycles. The van der Waals surface area contributed by atoms with E-state index in [1.54, 1.807) is 24.6 Å². The predicted octanol–water partition coefficient (Wildman–Crippen LogP) is 4.18. The number of thiophene rings is 1. The fraction of sp³-hybridized carbons (Fsp3) is 0.500. The van der Waals surface area contributed by atoms with Gasteiger partial charge in [0.25, 0.3) is 0 Å². The number of nitrogens with zero attached hydrogens (tertiary/aromatic N) is 3. The van der Waals surface area contributed by atoms with Crippen molar-refractivity contribution >= 4 is 37.5 Å². The van der Waals surface area contributed by atoms with Crippen molar-refractivity contribution in [2.24, 2.45) is 0 Å². The number of benzene rings is 1. The first-order valence-corrected chi connectivity index (χ1v) is 10.1. The maximum Gasteiger partial charge on any atom is 0.139 e. The fourth-order valence-electron chi connectivity index (χ4n) is 3.92. The number of hydrogen-bond acceptors (Lipinski definition) is 6. The monoisotopic (exact) mass is 370 g/mol. The van der Waals surface area contributed by atoms with E-state index in [2.05, 4.69) is 46.4 Å². The van der Waals surface area contributed by atoms with Crippen molar-refractivity contribution in [1.29, 1.82) is 0 Å². The smallest absolute Gasteiger partial charge is 0.139 e. The average Bonchev–Trinajstić information content (AvgIpc) is 3.00. The second-order valence-corrected chi connectivity index (χ2v) is 8.58. The Hall–Kier alpha value is -1.76. The second kappa shape index (κ2) is 7.10. The zero-order chi connectivity index (χ0) is 18.3. The highest BCUT2D eigenvalue weighted by Gasteiger charge is 2.23. The third kappa shape index (κ3) is 3.29. The van der Waals surface area contributed by atoms with Gasteiger partial charge in [0, 0.05) is 22.2 Å². The lowest BCUT2D eigenvalue weighted by atomic mass is 9.90. The molecule has 0 amide bonds. The van der Waals surface area contributed by atoms with Crippen molar-refractivity contribution in [3.05, 3.63) is 30.1 Å². The minimum Gasteiger partial charge on any atom is -0.389 e. The summed E-state index contributed by atoms with van der Waals surface area (Å²) in [5.74, 6) is 0.928. The van der Waals surface area contributed by atoms with Crippen LogP contribution in [0, 0.1) is 0 Å². The molecule has 1 aromatic carbocycles. The van der Waals surface area contributed by atoms with Gasteiger partial charge in [-0.1, -0.05) is 6.07 Å². The number of fused-ring (bicyclic) bond motifs is 3. The molecule has 0 spiro atoms. The van der Waals surface area contributed by atoms with Gasteiger partial charge < -0.3 is 15.3 Å². The SMILES string of the molecule is C[C@@H](O)c1ccc2sc3ncnc(N[C@H]4CC[C@H](N(C)C)CC4)c3c2c1. The van der Waals surface area contributed by atoms with E-state index in [4.69, 9.17) is 0 Å². The summed E-state index contributed by atoms with van der Waals surface area (Å²) in [5.41, 5.74) is 0.929. The molecule has 138 valence electrons. The van der Waals surface area contributed by atoms with Crippen LogP contribution in [0.5, 0.6) is 0 Å². The topological polar surface area (TPSA) is 61.3 Å². The van der Waals surface area contributed by atoms with Crippen LogP contribution in [0.15, 0.2) is 24.5 Å². The maximum atomic E-state index is 9.95. The lowest BCUT2D eigenvalue weighted by Gasteiger charge is -2.33. The third-order valence-electron chi connectivity index (χ3n) is 5.54. The molecule has 6 heteroatoms. The zero-order valence-corrected chi connectivity index (χ0v) is 16.4. The molecule has 0 bridgehead atoms. The van der Waals surface area contributed by atoms with Crippen molar-refractivity contribution < 1.29 is 5.11 Å². The van der Waals surface area contributed by atoms with Crippen molar-refractivity contribution in [2.75, 3.05) is 19.4 Å². The lowest BCUT2D eigenvalue weighted by molar-refractivity contribution is 0.199. The normalized spacial score (nSPS) is 22.2. The number of aliphatic hydroxyl groups is 1. The molecule has 1 atom stereocenters. The molecule has 0 aliphatic heterocycles. The zero-order valence-electron chi connectivity index (χ0n) is 15.6. The molecule has 0 unspecified atom stereocenters. The Morgan fingerprint density at radius 1 is 1.19 bits per heavy atom. The maximum absolute atomic E-state index is 9.95. The van der Waals surface area contributed by atoms with Gasteiger partial charge in [-0.15, -0.1) is 11.3 Å². The molecule has 2 N–H and O–H groups in total. The predicted molar refractivity (Wildman–Crippen MR) is 109 cm³/mol. The number of hydrogen-bond donors (Lipinski definition) is 2. The van der Waals surface area contributed by atoms with E-state index in [0.717, 1.165) is 39.8 Å². The number of aliphatic hydroxyl groups excluding tert-OH is 1. The Morgan fingerprint density at radius 2 is 1.96 bits per heavy atom. The molecule has 4 rings (SSSR count). The van der Waals surface area contributed by atoms with E-state index >= 15 is 0 Å². The van der Waals surface area contributed by atoms with Crippen LogP contribution in [0.1, 0.15) is 44.3 Å². The van der Waals surface area contributed by atoms with E-state index in [1.165, 1.54) is 17.5 Å². The van der Waals surface area contributed by atoms with E-state index in [9.17, 15) is 5.11 Å². The highest BCUT2D eigenvalue weighted by atomic mass is 32.1. The molecular formula is C20H26N4OS. The number of nitrogens with one attached hydrogen (secondary N) is 1. The highest BCUT2D eigenvalue weighted by Crippen LogP contribution is 2.38. The van der Waals surface area contributed by atoms with Crippen LogP contribution in [0.3, 0.4) is 0 Å². The first-order chi connectivity index (χ1) is 12.5. The number of anilines is 1. The standard InChI is InChI=1S/C20H26N4OS/c1-12(25)13-4-9-17-16(10-13)18-19(21-11-22-20(18)26-17)23-14-5-7-15(8-6-14)24(2)3/h4,9-12,14-15,25H,5-8H2,1-3H3,(H,21,22,23)/t12-,14-,15-/m1/s1. The minimum atomic E-state index is -0.475. The van der Waals surface area contributed by atoms with Gasteiger partial charge in [0.15, 0.2) is 0 Å². The average molecular weight is 371 g/mol. The van der Waals surface area contributed by atoms with Crippen LogP contribution in [0.2, 0.25) is 0 Å². The van der Waals surface area contributed by atoms with Gasteiger partial charge in [-0.25, -0.2) is 9.97 Å². The van der Waals surface area contributed by atoms with E-state index in [-0.39, 0.29) is 0 Å². The molecule has 1 saturated carbocycles. The van der Waals surface area contributed by atoms with Crippen molar-refractivity contribution in [3.63, 3.8) is 0 Å². The molecule has 3 aromatic rings. The summed E-state index contributed by atoms with van der Waals surface area (Å²) in [5, 5.41) is 15.9. The minimum absolute atomic E-state index is 0.458. The Bertz CT molecular complexity index is 913. The first kappa shape index (κ1) is 17.6. The van der Waals surface area contributed by atoms with E-state index in [0.29, 0.717) is 12.1 Å². The number of aromatic nitrogens is 2. The highest BCUT2D eigenvalue weighted by molar-refractivity contribution is 7.25. The van der Waals surface area contributed by atoms with Crippen molar-refractivity contribution in [2.45, 2.75) is 50.8 Å². The molecule has 5 nitrogen and oxygen atoms in total.